The first-order valence-electron chi connectivity index (χ1n) is 5.63. The molecule has 3 heteroatoms. The van der Waals surface area contributed by atoms with E-state index in [9.17, 15) is 0 Å². The van der Waals surface area contributed by atoms with Gasteiger partial charge in [-0.3, -0.25) is 4.90 Å². The average Bonchev–Trinajstić information content (AvgIpc) is 2.15. The van der Waals surface area contributed by atoms with Crippen LogP contribution < -0.4 is 5.73 Å². The quantitative estimate of drug-likeness (QED) is 0.456. The van der Waals surface area contributed by atoms with Gasteiger partial charge in [0.05, 0.1) is 0 Å². The Labute approximate surface area is 88.6 Å². The van der Waals surface area contributed by atoms with Gasteiger partial charge in [-0.05, 0) is 32.2 Å². The normalized spacial score (nSPS) is 11.6. The lowest BCUT2D eigenvalue weighted by molar-refractivity contribution is 0.118. The standard InChI is InChI=1S/C11H26N2O/c1-11(2)6-4-8-14-9-5-7-13(3)10-12/h11H,4-10,12H2,1-3H3. The van der Waals surface area contributed by atoms with E-state index in [1.54, 1.807) is 0 Å². The Balaban J connectivity index is 2.99. The van der Waals surface area contributed by atoms with Crippen molar-refractivity contribution in [2.75, 3.05) is 33.5 Å². The third kappa shape index (κ3) is 9.96. The molecule has 14 heavy (non-hydrogen) atoms. The summed E-state index contributed by atoms with van der Waals surface area (Å²) in [5.41, 5.74) is 5.45. The van der Waals surface area contributed by atoms with Crippen LogP contribution in [0.2, 0.25) is 0 Å². The van der Waals surface area contributed by atoms with E-state index >= 15 is 0 Å². The van der Waals surface area contributed by atoms with Crippen molar-refractivity contribution in [2.45, 2.75) is 33.1 Å². The van der Waals surface area contributed by atoms with E-state index in [-0.39, 0.29) is 0 Å². The second-order valence-corrected chi connectivity index (χ2v) is 4.26. The molecule has 0 aliphatic heterocycles. The Hall–Kier alpha value is -0.120. The highest BCUT2D eigenvalue weighted by Gasteiger charge is 1.96. The molecule has 0 heterocycles. The first-order chi connectivity index (χ1) is 6.66. The zero-order chi connectivity index (χ0) is 10.8. The highest BCUT2D eigenvalue weighted by molar-refractivity contribution is 4.47. The summed E-state index contributed by atoms with van der Waals surface area (Å²) in [5, 5.41) is 0. The highest BCUT2D eigenvalue weighted by Crippen LogP contribution is 2.03. The molecule has 0 saturated heterocycles. The van der Waals surface area contributed by atoms with E-state index in [4.69, 9.17) is 10.5 Å². The second kappa shape index (κ2) is 9.44. The van der Waals surface area contributed by atoms with Gasteiger partial charge >= 0.3 is 0 Å². The highest BCUT2D eigenvalue weighted by atomic mass is 16.5. The minimum absolute atomic E-state index is 0.632. The monoisotopic (exact) mass is 202 g/mol. The van der Waals surface area contributed by atoms with Crippen molar-refractivity contribution in [1.82, 2.24) is 4.90 Å². The van der Waals surface area contributed by atoms with Crippen molar-refractivity contribution < 1.29 is 4.74 Å². The first-order valence-corrected chi connectivity index (χ1v) is 5.63. The van der Waals surface area contributed by atoms with E-state index in [0.29, 0.717) is 6.67 Å². The van der Waals surface area contributed by atoms with Crippen LogP contribution >= 0.6 is 0 Å². The van der Waals surface area contributed by atoms with E-state index in [2.05, 4.69) is 18.7 Å². The van der Waals surface area contributed by atoms with Gasteiger partial charge in [0.25, 0.3) is 0 Å². The van der Waals surface area contributed by atoms with E-state index < -0.39 is 0 Å². The maximum Gasteiger partial charge on any atom is 0.0478 e. The van der Waals surface area contributed by atoms with E-state index in [0.717, 1.165) is 32.1 Å². The maximum absolute atomic E-state index is 5.51. The van der Waals surface area contributed by atoms with Gasteiger partial charge < -0.3 is 10.5 Å². The predicted octanol–water partition coefficient (Wildman–Crippen LogP) is 1.68. The van der Waals surface area contributed by atoms with Crippen molar-refractivity contribution in [3.05, 3.63) is 0 Å². The number of ether oxygens (including phenoxy) is 1. The fourth-order valence-corrected chi connectivity index (χ4v) is 1.22. The summed E-state index contributed by atoms with van der Waals surface area (Å²) < 4.78 is 5.51. The van der Waals surface area contributed by atoms with Gasteiger partial charge in [-0.1, -0.05) is 13.8 Å². The summed E-state index contributed by atoms with van der Waals surface area (Å²) in [7, 11) is 2.03. The summed E-state index contributed by atoms with van der Waals surface area (Å²) in [4.78, 5) is 2.09. The van der Waals surface area contributed by atoms with Gasteiger partial charge in [0.2, 0.25) is 0 Å². The molecule has 0 unspecified atom stereocenters. The number of nitrogens with two attached hydrogens (primary N) is 1. The maximum atomic E-state index is 5.51. The van der Waals surface area contributed by atoms with Crippen molar-refractivity contribution >= 4 is 0 Å². The van der Waals surface area contributed by atoms with Crippen LogP contribution in [0.4, 0.5) is 0 Å². The number of hydrogen-bond acceptors (Lipinski definition) is 3. The Morgan fingerprint density at radius 3 is 2.43 bits per heavy atom. The molecule has 0 spiro atoms. The molecule has 0 aliphatic rings. The van der Waals surface area contributed by atoms with Crippen molar-refractivity contribution in [1.29, 1.82) is 0 Å². The summed E-state index contributed by atoms with van der Waals surface area (Å²) in [6, 6.07) is 0. The molecular weight excluding hydrogens is 176 g/mol. The van der Waals surface area contributed by atoms with Crippen LogP contribution in [0.5, 0.6) is 0 Å². The van der Waals surface area contributed by atoms with Gasteiger partial charge in [0, 0.05) is 26.4 Å². The molecule has 0 aromatic heterocycles. The zero-order valence-corrected chi connectivity index (χ0v) is 9.96. The van der Waals surface area contributed by atoms with Crippen molar-refractivity contribution in [3.8, 4) is 0 Å². The third-order valence-corrected chi connectivity index (χ3v) is 2.21. The van der Waals surface area contributed by atoms with Gasteiger partial charge in [0.1, 0.15) is 0 Å². The largest absolute Gasteiger partial charge is 0.381 e. The fourth-order valence-electron chi connectivity index (χ4n) is 1.22. The van der Waals surface area contributed by atoms with Crippen LogP contribution in [0.1, 0.15) is 33.1 Å². The SMILES string of the molecule is CC(C)CCCOCCCN(C)CN. The molecule has 0 atom stereocenters. The Morgan fingerprint density at radius 2 is 1.86 bits per heavy atom. The first kappa shape index (κ1) is 13.9. The molecule has 0 fully saturated rings. The summed E-state index contributed by atoms with van der Waals surface area (Å²) >= 11 is 0. The number of rotatable bonds is 9. The second-order valence-electron chi connectivity index (χ2n) is 4.26. The molecule has 0 rings (SSSR count). The van der Waals surface area contributed by atoms with E-state index in [1.807, 2.05) is 7.05 Å². The molecule has 3 nitrogen and oxygen atoms in total. The molecule has 0 bridgehead atoms. The lowest BCUT2D eigenvalue weighted by Gasteiger charge is -2.13. The minimum atomic E-state index is 0.632. The zero-order valence-electron chi connectivity index (χ0n) is 9.96. The molecular formula is C11H26N2O. The molecule has 2 N–H and O–H groups in total. The molecule has 0 aromatic carbocycles. The molecule has 0 amide bonds. The number of nitrogens with zero attached hydrogens (tertiary/aromatic N) is 1. The van der Waals surface area contributed by atoms with Crippen molar-refractivity contribution in [2.24, 2.45) is 11.7 Å². The summed E-state index contributed by atoms with van der Waals surface area (Å²) in [6.45, 7) is 7.92. The predicted molar refractivity (Wildman–Crippen MR) is 61.2 cm³/mol. The molecule has 0 radical (unpaired) electrons. The van der Waals surface area contributed by atoms with Crippen LogP contribution in [0.15, 0.2) is 0 Å². The smallest absolute Gasteiger partial charge is 0.0478 e. The lowest BCUT2D eigenvalue weighted by atomic mass is 10.1. The Morgan fingerprint density at radius 1 is 1.21 bits per heavy atom. The van der Waals surface area contributed by atoms with Crippen LogP contribution in [-0.2, 0) is 4.74 Å². The third-order valence-electron chi connectivity index (χ3n) is 2.21. The lowest BCUT2D eigenvalue weighted by Crippen LogP contribution is -2.27. The minimum Gasteiger partial charge on any atom is -0.381 e. The topological polar surface area (TPSA) is 38.5 Å². The summed E-state index contributed by atoms with van der Waals surface area (Å²) in [6.07, 6.45) is 3.53. The Kier molecular flexibility index (Phi) is 9.35. The molecule has 0 saturated carbocycles. The van der Waals surface area contributed by atoms with Gasteiger partial charge in [-0.25, -0.2) is 0 Å². The average molecular weight is 202 g/mol. The van der Waals surface area contributed by atoms with Crippen LogP contribution in [-0.4, -0.2) is 38.4 Å². The number of hydrogen-bond donors (Lipinski definition) is 1. The van der Waals surface area contributed by atoms with Gasteiger partial charge in [0.15, 0.2) is 0 Å². The van der Waals surface area contributed by atoms with Crippen LogP contribution in [0.25, 0.3) is 0 Å². The fraction of sp³-hybridized carbons (Fsp3) is 1.00. The summed E-state index contributed by atoms with van der Waals surface area (Å²) in [5.74, 6) is 0.793. The van der Waals surface area contributed by atoms with Crippen LogP contribution in [0, 0.1) is 5.92 Å². The molecule has 0 aliphatic carbocycles. The van der Waals surface area contributed by atoms with Gasteiger partial charge in [-0.15, -0.1) is 0 Å². The van der Waals surface area contributed by atoms with Gasteiger partial charge in [-0.2, -0.15) is 0 Å². The van der Waals surface area contributed by atoms with E-state index in [1.165, 1.54) is 12.8 Å². The Bertz CT molecular complexity index is 118. The molecule has 0 aromatic rings. The van der Waals surface area contributed by atoms with Crippen molar-refractivity contribution in [3.63, 3.8) is 0 Å². The molecule has 86 valence electrons. The van der Waals surface area contributed by atoms with Crippen LogP contribution in [0.3, 0.4) is 0 Å².